The van der Waals surface area contributed by atoms with Gasteiger partial charge >= 0.3 is 6.03 Å². The van der Waals surface area contributed by atoms with Crippen molar-refractivity contribution >= 4 is 11.7 Å². The van der Waals surface area contributed by atoms with Crippen molar-refractivity contribution in [3.63, 3.8) is 0 Å². The standard InChI is InChI=1S/C22H25F2N3O2/c1-22(2,3)25-21(28)27(13-15-5-4-6-18(24)11-15)14-19-12-20(26-29-19)16-7-9-17(23)10-8-16/h4-11,19H,12-14H2,1-3H3,(H,25,28)/t19-/m0/s1. The van der Waals surface area contributed by atoms with Crippen LogP contribution in [0.3, 0.4) is 0 Å². The Bertz CT molecular complexity index is 892. The lowest BCUT2D eigenvalue weighted by molar-refractivity contribution is 0.0580. The highest BCUT2D eigenvalue weighted by atomic mass is 19.1. The highest BCUT2D eigenvalue weighted by molar-refractivity contribution is 6.01. The van der Waals surface area contributed by atoms with Crippen LogP contribution in [0.4, 0.5) is 13.6 Å². The van der Waals surface area contributed by atoms with Gasteiger partial charge in [-0.1, -0.05) is 29.4 Å². The summed E-state index contributed by atoms with van der Waals surface area (Å²) in [7, 11) is 0. The molecule has 1 atom stereocenters. The molecule has 1 N–H and O–H groups in total. The normalized spacial score (nSPS) is 16.2. The van der Waals surface area contributed by atoms with Gasteiger partial charge in [0.25, 0.3) is 0 Å². The van der Waals surface area contributed by atoms with Gasteiger partial charge in [-0.15, -0.1) is 0 Å². The highest BCUT2D eigenvalue weighted by Gasteiger charge is 2.28. The number of carbonyl (C=O) groups is 1. The van der Waals surface area contributed by atoms with Crippen LogP contribution in [0.25, 0.3) is 0 Å². The topological polar surface area (TPSA) is 53.9 Å². The van der Waals surface area contributed by atoms with E-state index in [1.54, 1.807) is 29.2 Å². The van der Waals surface area contributed by atoms with Crippen molar-refractivity contribution in [2.24, 2.45) is 5.16 Å². The molecule has 5 nitrogen and oxygen atoms in total. The first kappa shape index (κ1) is 20.8. The van der Waals surface area contributed by atoms with Gasteiger partial charge < -0.3 is 15.1 Å². The van der Waals surface area contributed by atoms with Gasteiger partial charge in [0, 0.05) is 18.5 Å². The first-order chi connectivity index (χ1) is 13.7. The Hall–Kier alpha value is -2.96. The molecule has 154 valence electrons. The second-order valence-electron chi connectivity index (χ2n) is 8.17. The molecular formula is C22H25F2N3O2. The van der Waals surface area contributed by atoms with Crippen LogP contribution in [-0.4, -0.2) is 34.8 Å². The number of nitrogens with zero attached hydrogens (tertiary/aromatic N) is 2. The van der Waals surface area contributed by atoms with Crippen molar-refractivity contribution in [1.82, 2.24) is 10.2 Å². The molecular weight excluding hydrogens is 376 g/mol. The summed E-state index contributed by atoms with van der Waals surface area (Å²) < 4.78 is 26.7. The number of rotatable bonds is 5. The average molecular weight is 401 g/mol. The minimum atomic E-state index is -0.413. The third kappa shape index (κ3) is 6.01. The third-order valence-electron chi connectivity index (χ3n) is 4.37. The predicted molar refractivity (Wildman–Crippen MR) is 108 cm³/mol. The Morgan fingerprint density at radius 1 is 1.17 bits per heavy atom. The van der Waals surface area contributed by atoms with Crippen molar-refractivity contribution in [1.29, 1.82) is 0 Å². The number of hydrogen-bond donors (Lipinski definition) is 1. The highest BCUT2D eigenvalue weighted by Crippen LogP contribution is 2.19. The average Bonchev–Trinajstić information content (AvgIpc) is 3.09. The van der Waals surface area contributed by atoms with Crippen LogP contribution in [0.15, 0.2) is 53.7 Å². The zero-order valence-electron chi connectivity index (χ0n) is 16.8. The molecule has 0 radical (unpaired) electrons. The number of hydrogen-bond acceptors (Lipinski definition) is 3. The third-order valence-corrected chi connectivity index (χ3v) is 4.37. The monoisotopic (exact) mass is 401 g/mol. The maximum Gasteiger partial charge on any atom is 0.318 e. The van der Waals surface area contributed by atoms with E-state index in [1.807, 2.05) is 20.8 Å². The predicted octanol–water partition coefficient (Wildman–Crippen LogP) is 4.47. The SMILES string of the molecule is CC(C)(C)NC(=O)N(Cc1cccc(F)c1)C[C@@H]1CC(c2ccc(F)cc2)=NO1. The molecule has 0 bridgehead atoms. The Labute approximate surface area is 169 Å². The van der Waals surface area contributed by atoms with Crippen LogP contribution in [-0.2, 0) is 11.4 Å². The number of benzene rings is 2. The van der Waals surface area contributed by atoms with E-state index in [0.29, 0.717) is 17.7 Å². The summed E-state index contributed by atoms with van der Waals surface area (Å²) in [6.07, 6.45) is 0.156. The van der Waals surface area contributed by atoms with Crippen LogP contribution in [0.1, 0.15) is 38.3 Å². The van der Waals surface area contributed by atoms with Gasteiger partial charge in [-0.3, -0.25) is 0 Å². The summed E-state index contributed by atoms with van der Waals surface area (Å²) in [5.41, 5.74) is 1.76. The van der Waals surface area contributed by atoms with E-state index in [9.17, 15) is 13.6 Å². The number of urea groups is 1. The Morgan fingerprint density at radius 2 is 1.90 bits per heavy atom. The molecule has 2 aromatic rings. The van der Waals surface area contributed by atoms with Crippen molar-refractivity contribution < 1.29 is 18.4 Å². The molecule has 29 heavy (non-hydrogen) atoms. The first-order valence-electron chi connectivity index (χ1n) is 9.50. The molecule has 0 saturated carbocycles. The largest absolute Gasteiger partial charge is 0.390 e. The fraction of sp³-hybridized carbons (Fsp3) is 0.364. The molecule has 1 aliphatic heterocycles. The fourth-order valence-electron chi connectivity index (χ4n) is 3.06. The molecule has 7 heteroatoms. The zero-order chi connectivity index (χ0) is 21.0. The second-order valence-corrected chi connectivity index (χ2v) is 8.17. The van der Waals surface area contributed by atoms with E-state index in [4.69, 9.17) is 4.84 Å². The number of oxime groups is 1. The second kappa shape index (κ2) is 8.59. The molecule has 0 fully saturated rings. The lowest BCUT2D eigenvalue weighted by atomic mass is 10.0. The number of carbonyl (C=O) groups excluding carboxylic acids is 1. The van der Waals surface area contributed by atoms with Gasteiger partial charge in [0.1, 0.15) is 11.6 Å². The van der Waals surface area contributed by atoms with Gasteiger partial charge in [0.15, 0.2) is 6.10 Å². The summed E-state index contributed by atoms with van der Waals surface area (Å²) in [6, 6.07) is 12.0. The van der Waals surface area contributed by atoms with Gasteiger partial charge in [-0.05, 0) is 56.2 Å². The lowest BCUT2D eigenvalue weighted by Crippen LogP contribution is -2.50. The van der Waals surface area contributed by atoms with Gasteiger partial charge in [-0.2, -0.15) is 0 Å². The van der Waals surface area contributed by atoms with E-state index in [-0.39, 0.29) is 36.9 Å². The van der Waals surface area contributed by atoms with Crippen molar-refractivity contribution in [3.8, 4) is 0 Å². The summed E-state index contributed by atoms with van der Waals surface area (Å²) in [6.45, 7) is 6.21. The summed E-state index contributed by atoms with van der Waals surface area (Å²) in [5, 5.41) is 7.04. The van der Waals surface area contributed by atoms with Gasteiger partial charge in [-0.25, -0.2) is 13.6 Å². The summed E-state index contributed by atoms with van der Waals surface area (Å²) in [4.78, 5) is 19.9. The number of halogens is 2. The molecule has 0 aromatic heterocycles. The molecule has 2 aromatic carbocycles. The Morgan fingerprint density at radius 3 is 2.55 bits per heavy atom. The maximum atomic E-state index is 13.6. The summed E-state index contributed by atoms with van der Waals surface area (Å²) in [5.74, 6) is -0.664. The van der Waals surface area contributed by atoms with E-state index in [2.05, 4.69) is 10.5 Å². The minimum Gasteiger partial charge on any atom is -0.390 e. The minimum absolute atomic E-state index is 0.241. The van der Waals surface area contributed by atoms with Crippen LogP contribution < -0.4 is 5.32 Å². The molecule has 0 aliphatic carbocycles. The van der Waals surface area contributed by atoms with Crippen LogP contribution in [0.5, 0.6) is 0 Å². The molecule has 0 unspecified atom stereocenters. The molecule has 2 amide bonds. The van der Waals surface area contributed by atoms with Gasteiger partial charge in [0.2, 0.25) is 0 Å². The lowest BCUT2D eigenvalue weighted by Gasteiger charge is -2.29. The van der Waals surface area contributed by atoms with Gasteiger partial charge in [0.05, 0.1) is 12.3 Å². The molecule has 3 rings (SSSR count). The van der Waals surface area contributed by atoms with Crippen LogP contribution >= 0.6 is 0 Å². The molecule has 0 spiro atoms. The van der Waals surface area contributed by atoms with E-state index in [1.165, 1.54) is 24.3 Å². The van der Waals surface area contributed by atoms with Crippen molar-refractivity contribution in [2.45, 2.75) is 45.4 Å². The maximum absolute atomic E-state index is 13.6. The molecule has 1 heterocycles. The Balaban J connectivity index is 1.69. The Kier molecular flexibility index (Phi) is 6.15. The smallest absolute Gasteiger partial charge is 0.318 e. The fourth-order valence-corrected chi connectivity index (χ4v) is 3.06. The van der Waals surface area contributed by atoms with Crippen molar-refractivity contribution in [3.05, 3.63) is 71.3 Å². The van der Waals surface area contributed by atoms with Crippen LogP contribution in [0, 0.1) is 11.6 Å². The molecule has 1 aliphatic rings. The number of amides is 2. The quantitative estimate of drug-likeness (QED) is 0.804. The number of nitrogens with one attached hydrogen (secondary N) is 1. The van der Waals surface area contributed by atoms with E-state index in [0.717, 1.165) is 5.56 Å². The van der Waals surface area contributed by atoms with E-state index >= 15 is 0 Å². The van der Waals surface area contributed by atoms with Crippen molar-refractivity contribution in [2.75, 3.05) is 6.54 Å². The summed E-state index contributed by atoms with van der Waals surface area (Å²) >= 11 is 0. The molecule has 0 saturated heterocycles. The first-order valence-corrected chi connectivity index (χ1v) is 9.50. The van der Waals surface area contributed by atoms with E-state index < -0.39 is 5.54 Å². The zero-order valence-corrected chi connectivity index (χ0v) is 16.8. The van der Waals surface area contributed by atoms with Crippen LogP contribution in [0.2, 0.25) is 0 Å².